The Labute approximate surface area is 95.8 Å². The summed E-state index contributed by atoms with van der Waals surface area (Å²) >= 11 is 0. The van der Waals surface area contributed by atoms with Gasteiger partial charge in [0, 0.05) is 11.6 Å². The minimum atomic E-state index is -0.0891. The van der Waals surface area contributed by atoms with Crippen LogP contribution in [0, 0.1) is 4.91 Å². The van der Waals surface area contributed by atoms with E-state index in [1.54, 1.807) is 0 Å². The van der Waals surface area contributed by atoms with E-state index in [-0.39, 0.29) is 18.1 Å². The van der Waals surface area contributed by atoms with Crippen molar-refractivity contribution in [1.82, 2.24) is 0 Å². The average Bonchev–Trinajstić information content (AvgIpc) is 2.81. The number of rotatable bonds is 4. The molecule has 1 aromatic carbocycles. The van der Waals surface area contributed by atoms with Gasteiger partial charge < -0.3 is 9.47 Å². The van der Waals surface area contributed by atoms with Crippen molar-refractivity contribution >= 4 is 24.3 Å². The largest absolute Gasteiger partial charge is 0.454 e. The molecule has 1 aliphatic heterocycles. The van der Waals surface area contributed by atoms with Gasteiger partial charge in [-0.2, -0.15) is 0 Å². The van der Waals surface area contributed by atoms with Crippen molar-refractivity contribution in [2.24, 2.45) is 5.18 Å². The van der Waals surface area contributed by atoms with Crippen molar-refractivity contribution in [3.8, 4) is 11.5 Å². The van der Waals surface area contributed by atoms with Crippen molar-refractivity contribution in [2.75, 3.05) is 6.79 Å². The molecular formula is C11H7NO5. The van der Waals surface area contributed by atoms with Crippen molar-refractivity contribution in [3.05, 3.63) is 28.2 Å². The zero-order chi connectivity index (χ0) is 12.3. The first-order chi connectivity index (χ1) is 8.28. The van der Waals surface area contributed by atoms with Gasteiger partial charge in [-0.25, -0.2) is 0 Å². The van der Waals surface area contributed by atoms with Crippen molar-refractivity contribution in [1.29, 1.82) is 0 Å². The number of allylic oxidation sites excluding steroid dienone is 1. The number of fused-ring (bicyclic) bond motifs is 1. The minimum Gasteiger partial charge on any atom is -0.454 e. The first-order valence-electron chi connectivity index (χ1n) is 4.67. The van der Waals surface area contributed by atoms with E-state index in [9.17, 15) is 14.5 Å². The van der Waals surface area contributed by atoms with E-state index >= 15 is 0 Å². The standard InChI is InChI=1S/C11H7NO5/c13-4-7(5-14)1-8-2-10-11(17-6-16-10)3-9(8)12-15/h1-5H,6H2. The van der Waals surface area contributed by atoms with E-state index in [1.807, 2.05) is 0 Å². The van der Waals surface area contributed by atoms with Gasteiger partial charge in [-0.05, 0) is 17.3 Å². The molecule has 0 bridgehead atoms. The maximum atomic E-state index is 10.6. The molecule has 1 aliphatic rings. The van der Waals surface area contributed by atoms with Crippen LogP contribution < -0.4 is 9.47 Å². The molecule has 0 N–H and O–H groups in total. The molecule has 1 heterocycles. The van der Waals surface area contributed by atoms with Crippen molar-refractivity contribution in [3.63, 3.8) is 0 Å². The lowest BCUT2D eigenvalue weighted by atomic mass is 10.1. The normalized spacial score (nSPS) is 11.8. The number of hydrogen-bond donors (Lipinski definition) is 0. The molecule has 1 aromatic rings. The monoisotopic (exact) mass is 233 g/mol. The lowest BCUT2D eigenvalue weighted by Crippen LogP contribution is -1.92. The second kappa shape index (κ2) is 4.56. The predicted octanol–water partition coefficient (Wildman–Crippen LogP) is 1.59. The van der Waals surface area contributed by atoms with Crippen molar-refractivity contribution in [2.45, 2.75) is 0 Å². The Morgan fingerprint density at radius 2 is 1.82 bits per heavy atom. The molecule has 6 nitrogen and oxygen atoms in total. The highest BCUT2D eigenvalue weighted by Gasteiger charge is 2.17. The molecule has 17 heavy (non-hydrogen) atoms. The van der Waals surface area contributed by atoms with Gasteiger partial charge in [-0.1, -0.05) is 0 Å². The van der Waals surface area contributed by atoms with Gasteiger partial charge in [0.05, 0.1) is 5.57 Å². The first-order valence-corrected chi connectivity index (χ1v) is 4.67. The van der Waals surface area contributed by atoms with Crippen LogP contribution in [0.4, 0.5) is 5.69 Å². The molecule has 0 radical (unpaired) electrons. The Balaban J connectivity index is 2.53. The Kier molecular flexibility index (Phi) is 2.95. The maximum Gasteiger partial charge on any atom is 0.231 e. The highest BCUT2D eigenvalue weighted by atomic mass is 16.7. The SMILES string of the molecule is O=CC(C=O)=Cc1cc2c(cc1N=O)OCO2. The van der Waals surface area contributed by atoms with Crippen LogP contribution >= 0.6 is 0 Å². The van der Waals surface area contributed by atoms with E-state index in [4.69, 9.17) is 9.47 Å². The van der Waals surface area contributed by atoms with Crippen molar-refractivity contribution < 1.29 is 19.1 Å². The number of aldehydes is 2. The summed E-state index contributed by atoms with van der Waals surface area (Å²) in [4.78, 5) is 31.7. The fraction of sp³-hybridized carbons (Fsp3) is 0.0909. The van der Waals surface area contributed by atoms with Gasteiger partial charge in [-0.15, -0.1) is 4.91 Å². The van der Waals surface area contributed by atoms with E-state index in [2.05, 4.69) is 5.18 Å². The minimum absolute atomic E-state index is 0.0645. The average molecular weight is 233 g/mol. The lowest BCUT2D eigenvalue weighted by molar-refractivity contribution is -0.109. The van der Waals surface area contributed by atoms with Crippen LogP contribution in [0.1, 0.15) is 5.56 Å². The third-order valence-corrected chi connectivity index (χ3v) is 2.21. The number of ether oxygens (including phenoxy) is 2. The van der Waals surface area contributed by atoms with Crippen LogP contribution in [0.25, 0.3) is 6.08 Å². The van der Waals surface area contributed by atoms with Crippen LogP contribution in [0.5, 0.6) is 11.5 Å². The highest BCUT2D eigenvalue weighted by Crippen LogP contribution is 2.38. The summed E-state index contributed by atoms with van der Waals surface area (Å²) < 4.78 is 10.2. The number of benzene rings is 1. The zero-order valence-corrected chi connectivity index (χ0v) is 8.58. The fourth-order valence-electron chi connectivity index (χ4n) is 1.42. The molecule has 0 aliphatic carbocycles. The summed E-state index contributed by atoms with van der Waals surface area (Å²) in [5, 5.41) is 2.81. The molecule has 0 saturated carbocycles. The number of carbonyl (C=O) groups excluding carboxylic acids is 2. The van der Waals surface area contributed by atoms with Crippen LogP contribution in [0.2, 0.25) is 0 Å². The van der Waals surface area contributed by atoms with Gasteiger partial charge >= 0.3 is 0 Å². The van der Waals surface area contributed by atoms with Gasteiger partial charge in [0.15, 0.2) is 24.1 Å². The molecule has 0 spiro atoms. The summed E-state index contributed by atoms with van der Waals surface area (Å²) in [6.45, 7) is 0.0645. The maximum absolute atomic E-state index is 10.6. The molecule has 2 rings (SSSR count). The van der Waals surface area contributed by atoms with Gasteiger partial charge in [0.2, 0.25) is 6.79 Å². The lowest BCUT2D eigenvalue weighted by Gasteiger charge is -2.01. The molecule has 0 saturated heterocycles. The fourth-order valence-corrected chi connectivity index (χ4v) is 1.42. The molecule has 86 valence electrons. The van der Waals surface area contributed by atoms with Crippen LogP contribution in [-0.4, -0.2) is 19.4 Å². The number of nitrogens with zero attached hydrogens (tertiary/aromatic N) is 1. The Morgan fingerprint density at radius 3 is 2.41 bits per heavy atom. The predicted molar refractivity (Wildman–Crippen MR) is 58.1 cm³/mol. The summed E-state index contributed by atoms with van der Waals surface area (Å²) in [5.74, 6) is 0.857. The topological polar surface area (TPSA) is 82.0 Å². The van der Waals surface area contributed by atoms with Gasteiger partial charge in [0.25, 0.3) is 0 Å². The molecule has 6 heteroatoms. The first kappa shape index (κ1) is 11.0. The van der Waals surface area contributed by atoms with E-state index in [0.29, 0.717) is 29.6 Å². The van der Waals surface area contributed by atoms with E-state index in [1.165, 1.54) is 18.2 Å². The Morgan fingerprint density at radius 1 is 1.18 bits per heavy atom. The third-order valence-electron chi connectivity index (χ3n) is 2.21. The molecule has 0 atom stereocenters. The third kappa shape index (κ3) is 2.05. The summed E-state index contributed by atoms with van der Waals surface area (Å²) in [6.07, 6.45) is 2.05. The molecule has 0 aromatic heterocycles. The summed E-state index contributed by atoms with van der Waals surface area (Å²) in [6, 6.07) is 2.89. The Bertz CT molecular complexity index is 511. The van der Waals surface area contributed by atoms with Gasteiger partial charge in [0.1, 0.15) is 5.69 Å². The quantitative estimate of drug-likeness (QED) is 0.259. The second-order valence-corrected chi connectivity index (χ2v) is 3.24. The van der Waals surface area contributed by atoms with Crippen LogP contribution in [0.15, 0.2) is 22.9 Å². The molecule has 0 amide bonds. The smallest absolute Gasteiger partial charge is 0.231 e. The second-order valence-electron chi connectivity index (χ2n) is 3.24. The van der Waals surface area contributed by atoms with Crippen LogP contribution in [0.3, 0.4) is 0 Å². The Hall–Kier alpha value is -2.50. The molecule has 0 unspecified atom stereocenters. The highest BCUT2D eigenvalue weighted by molar-refractivity contribution is 6.05. The van der Waals surface area contributed by atoms with Gasteiger partial charge in [-0.3, -0.25) is 9.59 Å². The summed E-state index contributed by atoms with van der Waals surface area (Å²) in [5.41, 5.74) is 0.322. The zero-order valence-electron chi connectivity index (χ0n) is 8.58. The summed E-state index contributed by atoms with van der Waals surface area (Å²) in [7, 11) is 0. The number of hydrogen-bond acceptors (Lipinski definition) is 6. The number of carbonyl (C=O) groups is 2. The molecular weight excluding hydrogens is 226 g/mol. The molecule has 0 fully saturated rings. The number of nitroso groups, excluding NO2 is 1. The van der Waals surface area contributed by atoms with E-state index in [0.717, 1.165) is 0 Å². The van der Waals surface area contributed by atoms with Crippen LogP contribution in [-0.2, 0) is 9.59 Å². The van der Waals surface area contributed by atoms with E-state index < -0.39 is 0 Å².